The van der Waals surface area contributed by atoms with Crippen LogP contribution in [0.3, 0.4) is 0 Å². The molecule has 0 spiro atoms. The molecule has 2 aliphatic heterocycles. The van der Waals surface area contributed by atoms with E-state index in [1.165, 1.54) is 11.1 Å². The summed E-state index contributed by atoms with van der Waals surface area (Å²) in [5.74, 6) is 0.101. The maximum Gasteiger partial charge on any atom is 0.253 e. The van der Waals surface area contributed by atoms with Gasteiger partial charge in [0.2, 0.25) is 0 Å². The predicted octanol–water partition coefficient (Wildman–Crippen LogP) is 4.42. The van der Waals surface area contributed by atoms with Gasteiger partial charge >= 0.3 is 0 Å². The Hall–Kier alpha value is -3.31. The van der Waals surface area contributed by atoms with Crippen LogP contribution in [0.5, 0.6) is 0 Å². The number of benzene rings is 3. The van der Waals surface area contributed by atoms with E-state index in [0.717, 1.165) is 57.8 Å². The first-order chi connectivity index (χ1) is 16.2. The zero-order valence-corrected chi connectivity index (χ0v) is 19.1. The Labute approximate surface area is 196 Å². The van der Waals surface area contributed by atoms with Crippen LogP contribution in [0, 0.1) is 0 Å². The number of hydrogen-bond donors (Lipinski definition) is 1. The summed E-state index contributed by atoms with van der Waals surface area (Å²) < 4.78 is 0. The van der Waals surface area contributed by atoms with Crippen molar-refractivity contribution in [3.05, 3.63) is 95.6 Å². The third kappa shape index (κ3) is 4.60. The number of nitrogen functional groups attached to an aromatic ring is 1. The Morgan fingerprint density at radius 2 is 1.30 bits per heavy atom. The zero-order chi connectivity index (χ0) is 22.6. The van der Waals surface area contributed by atoms with Crippen molar-refractivity contribution in [2.24, 2.45) is 0 Å². The van der Waals surface area contributed by atoms with Crippen LogP contribution in [0.25, 0.3) is 0 Å². The summed E-state index contributed by atoms with van der Waals surface area (Å²) in [4.78, 5) is 19.6. The molecule has 3 aromatic carbocycles. The molecule has 1 amide bonds. The lowest BCUT2D eigenvalue weighted by molar-refractivity contribution is 0.0793. The first-order valence-electron chi connectivity index (χ1n) is 12.0. The topological polar surface area (TPSA) is 52.8 Å². The largest absolute Gasteiger partial charge is 0.397 e. The minimum atomic E-state index is 0.101. The third-order valence-corrected chi connectivity index (χ3v) is 6.92. The maximum atomic E-state index is 12.7. The fourth-order valence-corrected chi connectivity index (χ4v) is 5.18. The molecule has 2 fully saturated rings. The van der Waals surface area contributed by atoms with Crippen molar-refractivity contribution in [2.75, 3.05) is 49.9 Å². The van der Waals surface area contributed by atoms with Gasteiger partial charge in [-0.2, -0.15) is 0 Å². The average molecular weight is 441 g/mol. The van der Waals surface area contributed by atoms with Gasteiger partial charge < -0.3 is 15.5 Å². The van der Waals surface area contributed by atoms with Gasteiger partial charge in [-0.15, -0.1) is 0 Å². The second-order valence-electron chi connectivity index (χ2n) is 9.02. The Balaban J connectivity index is 1.30. The van der Waals surface area contributed by atoms with Gasteiger partial charge in [-0.3, -0.25) is 9.69 Å². The molecule has 5 heteroatoms. The van der Waals surface area contributed by atoms with Crippen LogP contribution >= 0.6 is 0 Å². The number of nitrogens with two attached hydrogens (primary N) is 1. The molecule has 2 N–H and O–H groups in total. The minimum Gasteiger partial charge on any atom is -0.397 e. The summed E-state index contributed by atoms with van der Waals surface area (Å²) in [7, 11) is 0. The fourth-order valence-electron chi connectivity index (χ4n) is 5.18. The molecule has 5 rings (SSSR count). The molecule has 33 heavy (non-hydrogen) atoms. The van der Waals surface area contributed by atoms with E-state index in [9.17, 15) is 4.79 Å². The van der Waals surface area contributed by atoms with Crippen LogP contribution < -0.4 is 10.6 Å². The predicted molar refractivity (Wildman–Crippen MR) is 135 cm³/mol. The molecular formula is C28H32N4O. The highest BCUT2D eigenvalue weighted by atomic mass is 16.2. The third-order valence-electron chi connectivity index (χ3n) is 6.92. The molecule has 2 aliphatic rings. The average Bonchev–Trinajstić information content (AvgIpc) is 3.41. The van der Waals surface area contributed by atoms with E-state index in [-0.39, 0.29) is 11.9 Å². The fraction of sp³-hybridized carbons (Fsp3) is 0.321. The summed E-state index contributed by atoms with van der Waals surface area (Å²) in [5.41, 5.74) is 11.5. The summed E-state index contributed by atoms with van der Waals surface area (Å²) in [6, 6.07) is 27.6. The molecule has 5 nitrogen and oxygen atoms in total. The van der Waals surface area contributed by atoms with Crippen LogP contribution in [0.15, 0.2) is 78.9 Å². The lowest BCUT2D eigenvalue weighted by Crippen LogP contribution is -2.48. The molecule has 3 aromatic rings. The molecular weight excluding hydrogens is 408 g/mol. The second kappa shape index (κ2) is 9.67. The smallest absolute Gasteiger partial charge is 0.253 e. The molecule has 2 heterocycles. The van der Waals surface area contributed by atoms with Crippen molar-refractivity contribution in [2.45, 2.75) is 18.9 Å². The molecule has 0 aromatic heterocycles. The number of likely N-dealkylation sites (tertiary alicyclic amines) is 1. The standard InChI is InChI=1S/C28H32N4O/c29-25-21-24(28(33)32-15-7-8-16-32)13-14-26(25)30-17-19-31(20-18-30)27(22-9-3-1-4-10-22)23-11-5-2-6-12-23/h1-6,9-14,21,27H,7-8,15-20,29H2. The van der Waals surface area contributed by atoms with Gasteiger partial charge in [-0.25, -0.2) is 0 Å². The Kier molecular flexibility index (Phi) is 6.31. The highest BCUT2D eigenvalue weighted by Gasteiger charge is 2.27. The molecule has 0 aliphatic carbocycles. The Morgan fingerprint density at radius 3 is 1.85 bits per heavy atom. The van der Waals surface area contributed by atoms with Crippen molar-refractivity contribution in [1.29, 1.82) is 0 Å². The summed E-state index contributed by atoms with van der Waals surface area (Å²) in [5, 5.41) is 0. The summed E-state index contributed by atoms with van der Waals surface area (Å²) >= 11 is 0. The second-order valence-corrected chi connectivity index (χ2v) is 9.02. The molecule has 0 unspecified atom stereocenters. The van der Waals surface area contributed by atoms with Gasteiger partial charge in [-0.1, -0.05) is 60.7 Å². The number of anilines is 2. The van der Waals surface area contributed by atoms with Crippen LogP contribution in [0.2, 0.25) is 0 Å². The van der Waals surface area contributed by atoms with Gasteiger partial charge in [0, 0.05) is 44.8 Å². The van der Waals surface area contributed by atoms with Crippen molar-refractivity contribution in [3.8, 4) is 0 Å². The van der Waals surface area contributed by atoms with Crippen molar-refractivity contribution in [3.63, 3.8) is 0 Å². The minimum absolute atomic E-state index is 0.101. The monoisotopic (exact) mass is 440 g/mol. The highest BCUT2D eigenvalue weighted by molar-refractivity contribution is 5.96. The first-order valence-corrected chi connectivity index (χ1v) is 12.0. The summed E-state index contributed by atoms with van der Waals surface area (Å²) in [6.07, 6.45) is 2.19. The zero-order valence-electron chi connectivity index (χ0n) is 19.1. The van der Waals surface area contributed by atoms with Crippen LogP contribution in [-0.2, 0) is 0 Å². The lowest BCUT2D eigenvalue weighted by Gasteiger charge is -2.41. The SMILES string of the molecule is Nc1cc(C(=O)N2CCCC2)ccc1N1CCN(C(c2ccccc2)c2ccccc2)CC1. The summed E-state index contributed by atoms with van der Waals surface area (Å²) in [6.45, 7) is 5.41. The molecule has 2 saturated heterocycles. The van der Waals surface area contributed by atoms with E-state index in [2.05, 4.69) is 70.5 Å². The quantitative estimate of drug-likeness (QED) is 0.597. The maximum absolute atomic E-state index is 12.7. The van der Waals surface area contributed by atoms with E-state index in [1.54, 1.807) is 0 Å². The molecule has 170 valence electrons. The highest BCUT2D eigenvalue weighted by Crippen LogP contribution is 2.32. The van der Waals surface area contributed by atoms with E-state index < -0.39 is 0 Å². The first kappa shape index (κ1) is 21.5. The normalized spacial score (nSPS) is 17.0. The number of amides is 1. The van der Waals surface area contributed by atoms with Gasteiger partial charge in [0.25, 0.3) is 5.91 Å². The van der Waals surface area contributed by atoms with Gasteiger partial charge in [0.15, 0.2) is 0 Å². The van der Waals surface area contributed by atoms with Gasteiger partial charge in [0.1, 0.15) is 0 Å². The lowest BCUT2D eigenvalue weighted by atomic mass is 9.96. The molecule has 0 saturated carbocycles. The number of nitrogens with zero attached hydrogens (tertiary/aromatic N) is 3. The number of hydrogen-bond acceptors (Lipinski definition) is 4. The Bertz CT molecular complexity index is 1030. The van der Waals surface area contributed by atoms with E-state index in [1.807, 2.05) is 23.1 Å². The Morgan fingerprint density at radius 1 is 0.727 bits per heavy atom. The van der Waals surface area contributed by atoms with Crippen LogP contribution in [-0.4, -0.2) is 55.0 Å². The van der Waals surface area contributed by atoms with Crippen molar-refractivity contribution in [1.82, 2.24) is 9.80 Å². The number of piperazine rings is 1. The van der Waals surface area contributed by atoms with Gasteiger partial charge in [-0.05, 0) is 42.2 Å². The van der Waals surface area contributed by atoms with E-state index >= 15 is 0 Å². The van der Waals surface area contributed by atoms with Gasteiger partial charge in [0.05, 0.1) is 17.4 Å². The number of rotatable bonds is 5. The molecule has 0 atom stereocenters. The van der Waals surface area contributed by atoms with Crippen LogP contribution in [0.1, 0.15) is 40.4 Å². The van der Waals surface area contributed by atoms with Crippen molar-refractivity contribution >= 4 is 17.3 Å². The number of carbonyl (C=O) groups excluding carboxylic acids is 1. The van der Waals surface area contributed by atoms with E-state index in [4.69, 9.17) is 5.73 Å². The van der Waals surface area contributed by atoms with E-state index in [0.29, 0.717) is 11.3 Å². The van der Waals surface area contributed by atoms with Crippen LogP contribution in [0.4, 0.5) is 11.4 Å². The van der Waals surface area contributed by atoms with Crippen molar-refractivity contribution < 1.29 is 4.79 Å². The number of carbonyl (C=O) groups is 1. The molecule has 0 bridgehead atoms. The molecule has 0 radical (unpaired) electrons.